The van der Waals surface area contributed by atoms with Crippen LogP contribution in [0.15, 0.2) is 201 Å². The van der Waals surface area contributed by atoms with Crippen molar-refractivity contribution in [2.45, 2.75) is 123 Å². The van der Waals surface area contributed by atoms with Crippen molar-refractivity contribution in [3.63, 3.8) is 0 Å². The fourth-order valence-corrected chi connectivity index (χ4v) is 19.1. The molecule has 15 rings (SSSR count). The van der Waals surface area contributed by atoms with Crippen LogP contribution in [0.5, 0.6) is 0 Å². The summed E-state index contributed by atoms with van der Waals surface area (Å²) in [5.41, 5.74) is 1.64. The van der Waals surface area contributed by atoms with Gasteiger partial charge in [-0.1, -0.05) is 90.0 Å². The van der Waals surface area contributed by atoms with Gasteiger partial charge >= 0.3 is 420 Å². The summed E-state index contributed by atoms with van der Waals surface area (Å²) in [6, 6.07) is 35.8. The summed E-state index contributed by atoms with van der Waals surface area (Å²) in [5, 5.41) is 3.03. The standard InChI is InChI=1S/C48H24N8O12S4.C21H38N.Ga.H2O/c57-69(58,59)37-9-1-5-21-13-29-33(17-25(21)37)45-49-41(29)53-46-34-18-26-22(6-2-10-38(26)70(60,61)62)14-30(34)43(50-46)55-48-36-20-28-24(8-4-12-40(28)72(66,67)68)16-32(36)44(52-48)56-47-35-19-27-23(15-31(35)42(51-47)54-45)7-3-11-39(27)71(63,64)65;1-2-3-4-5-6-7-8-9-10-11-12-13-14-16-19-22-20-17-15-18-21-22;;/h1-20H,(H4-2,49,50,51,52,53,54,55,56,57,58,59,60,61,62,63,64,65,66,67,68);15,17-18,20-21H,2-14,16,19H2,1H3;;1H2/q-2;+1;+2;/p-4. The van der Waals surface area contributed by atoms with E-state index in [9.17, 15) is 51.9 Å². The Morgan fingerprint density at radius 3 is 1.10 bits per heavy atom. The third kappa shape index (κ3) is 12.7. The number of fused-ring (bicyclic) bond motifs is 18. The van der Waals surface area contributed by atoms with Crippen molar-refractivity contribution in [1.82, 2.24) is 6.55 Å². The molecule has 22 nitrogen and oxygen atoms in total. The summed E-state index contributed by atoms with van der Waals surface area (Å²) in [5.74, 6) is 0.559. The van der Waals surface area contributed by atoms with Crippen LogP contribution in [0.25, 0.3) is 64.6 Å². The quantitative estimate of drug-likeness (QED) is 0.0316. The molecule has 1 radical (unpaired) electrons. The van der Waals surface area contributed by atoms with E-state index < -0.39 is 77.9 Å². The third-order valence-corrected chi connectivity index (χ3v) is 24.5. The Morgan fingerprint density at radius 1 is 0.354 bits per heavy atom. The van der Waals surface area contributed by atoms with Gasteiger partial charge in [0.05, 0.1) is 0 Å². The molecule has 8 aromatic carbocycles. The summed E-state index contributed by atoms with van der Waals surface area (Å²) >= 11 is -2.51. The van der Waals surface area contributed by atoms with Crippen LogP contribution in [0.4, 0.5) is 11.6 Å². The number of aryl methyl sites for hydroxylation is 1. The first kappa shape index (κ1) is 66.2. The van der Waals surface area contributed by atoms with E-state index in [-0.39, 0.29) is 84.1 Å². The van der Waals surface area contributed by atoms with Crippen LogP contribution < -0.4 is 15.5 Å². The normalized spacial score (nSPS) is 14.0. The Balaban J connectivity index is 0.000000311. The van der Waals surface area contributed by atoms with Crippen molar-refractivity contribution in [1.29, 1.82) is 0 Å². The van der Waals surface area contributed by atoms with Crippen molar-refractivity contribution in [3.05, 3.63) is 185 Å². The predicted octanol–water partition coefficient (Wildman–Crippen LogP) is 10.3. The summed E-state index contributed by atoms with van der Waals surface area (Å²) in [6.07, 6.45) is 24.4. The van der Waals surface area contributed by atoms with Crippen molar-refractivity contribution in [3.8, 4) is 0 Å². The molecule has 7 heterocycles. The molecule has 489 valence electrons. The van der Waals surface area contributed by atoms with Crippen LogP contribution in [-0.2, 0) is 47.0 Å². The van der Waals surface area contributed by atoms with Crippen molar-refractivity contribution >= 4 is 158 Å². The van der Waals surface area contributed by atoms with E-state index in [1.165, 1.54) is 169 Å². The van der Waals surface area contributed by atoms with Crippen LogP contribution in [-0.4, -0.2) is 105 Å². The van der Waals surface area contributed by atoms with Gasteiger partial charge in [-0.05, 0) is 6.42 Å². The van der Waals surface area contributed by atoms with Gasteiger partial charge < -0.3 is 5.48 Å². The summed E-state index contributed by atoms with van der Waals surface area (Å²) in [4.78, 5) is 28.7. The Labute approximate surface area is 560 Å². The van der Waals surface area contributed by atoms with Gasteiger partial charge in [0.15, 0.2) is 12.4 Å². The summed E-state index contributed by atoms with van der Waals surface area (Å²) < 4.78 is 159. The van der Waals surface area contributed by atoms with E-state index in [0.29, 0.717) is 54.2 Å². The first-order valence-electron chi connectivity index (χ1n) is 31.4. The molecule has 0 amide bonds. The molecular weight excluding hydrogens is 1360 g/mol. The number of benzene rings is 8. The molecule has 0 unspecified atom stereocenters. The van der Waals surface area contributed by atoms with Crippen molar-refractivity contribution in [2.24, 2.45) is 30.0 Å². The van der Waals surface area contributed by atoms with Gasteiger partial charge in [0.2, 0.25) is 0 Å². The number of rotatable bonds is 19. The average molecular weight is 1420 g/mol. The number of pyridine rings is 1. The van der Waals surface area contributed by atoms with E-state index in [1.54, 1.807) is 55.1 Å². The van der Waals surface area contributed by atoms with Gasteiger partial charge in [-0.15, -0.1) is 0 Å². The Kier molecular flexibility index (Phi) is 18.0. The number of amidine groups is 4. The van der Waals surface area contributed by atoms with Crippen LogP contribution >= 0.6 is 0 Å². The Hall–Kier alpha value is -8.45. The molecule has 96 heavy (non-hydrogen) atoms. The van der Waals surface area contributed by atoms with Crippen molar-refractivity contribution < 1.29 is 61.9 Å². The number of unbranched alkanes of at least 4 members (excludes halogenated alkanes) is 13. The minimum atomic E-state index is -5.05. The molecule has 2 N–H and O–H groups in total. The maximum atomic E-state index is 12.8. The number of aromatic nitrogens is 3. The number of aliphatic imine (C=N–C) groups is 4. The molecule has 0 fully saturated rings. The zero-order chi connectivity index (χ0) is 66.1. The Morgan fingerprint density at radius 2 is 0.688 bits per heavy atom. The number of nitrogens with zero attached hydrogens (tertiary/aromatic N) is 9. The molecular formula is C69H60GaN9O13S4-3. The molecule has 27 heteroatoms. The van der Waals surface area contributed by atoms with Gasteiger partial charge in [0, 0.05) is 18.6 Å². The SMILES string of the molecule is CCCCCCCCCCCCCCCC[n+]1ccccc1.O.O=S(=O)([O-])c1cccc2cc3c(cc12)C1=NC3=Nc2c3cc4c(S(=O)(=O)[O-])cccc4cc3c3[n]2[Ga][n]2c(c4cc5cccc(S(=O)(=O)[O-])c5cc4c2=NC2=NC(=N3)c3cc4c(S(=O)(=O)[O-])cccc4cc32)=N1. The van der Waals surface area contributed by atoms with E-state index in [0.717, 1.165) is 0 Å². The second-order valence-corrected chi connectivity index (χ2v) is 32.2. The third-order valence-electron chi connectivity index (χ3n) is 17.9. The van der Waals surface area contributed by atoms with E-state index in [1.807, 2.05) is 0 Å². The zero-order valence-electron chi connectivity index (χ0n) is 51.7. The van der Waals surface area contributed by atoms with Crippen LogP contribution in [0.2, 0.25) is 0 Å². The molecule has 3 aromatic heterocycles. The minimum absolute atomic E-state index is 0. The van der Waals surface area contributed by atoms with Gasteiger partial charge in [-0.2, -0.15) is 0 Å². The molecule has 0 aliphatic carbocycles. The van der Waals surface area contributed by atoms with Gasteiger partial charge in [-0.3, -0.25) is 0 Å². The molecule has 0 atom stereocenters. The van der Waals surface area contributed by atoms with Gasteiger partial charge in [-0.25, -0.2) is 4.57 Å². The summed E-state index contributed by atoms with van der Waals surface area (Å²) in [7, 11) is -20.1. The molecule has 6 bridgehead atoms. The first-order chi connectivity index (χ1) is 45.6. The van der Waals surface area contributed by atoms with Gasteiger partial charge in [0.1, 0.15) is 6.54 Å². The van der Waals surface area contributed by atoms with E-state index >= 15 is 0 Å². The molecule has 0 spiro atoms. The molecule has 4 aliphatic heterocycles. The predicted molar refractivity (Wildman–Crippen MR) is 364 cm³/mol. The number of hydrogen-bond donors (Lipinski definition) is 0. The first-order valence-corrected chi connectivity index (χ1v) is 39.2. The van der Waals surface area contributed by atoms with E-state index in [2.05, 4.69) is 42.1 Å². The zero-order valence-corrected chi connectivity index (χ0v) is 57.4. The monoisotopic (exact) mass is 1420 g/mol. The van der Waals surface area contributed by atoms with Crippen molar-refractivity contribution in [2.75, 3.05) is 0 Å². The van der Waals surface area contributed by atoms with Crippen LogP contribution in [0, 0.1) is 0 Å². The second kappa shape index (κ2) is 26.2. The molecule has 11 aromatic rings. The van der Waals surface area contributed by atoms with Crippen LogP contribution in [0.3, 0.4) is 0 Å². The number of hydrogen-bond acceptors (Lipinski definition) is 18. The topological polar surface area (TPSA) is 348 Å². The fraction of sp³-hybridized carbons (Fsp3) is 0.232. The fourth-order valence-electron chi connectivity index (χ4n) is 13.3. The van der Waals surface area contributed by atoms with E-state index in [4.69, 9.17) is 30.0 Å². The Bertz CT molecular complexity index is 5840. The molecule has 4 aliphatic rings. The second-order valence-electron chi connectivity index (χ2n) is 24.1. The molecule has 0 saturated carbocycles. The average Bonchev–Trinajstić information content (AvgIpc) is 1.55. The van der Waals surface area contributed by atoms with Gasteiger partial charge in [0.25, 0.3) is 0 Å². The molecule has 0 saturated heterocycles. The van der Waals surface area contributed by atoms with Crippen LogP contribution in [0.1, 0.15) is 119 Å². The maximum absolute atomic E-state index is 12.8. The summed E-state index contributed by atoms with van der Waals surface area (Å²) in [6.45, 7) is 3.47.